The van der Waals surface area contributed by atoms with Crippen LogP contribution in [-0.4, -0.2) is 41.8 Å². The van der Waals surface area contributed by atoms with Crippen molar-refractivity contribution in [3.63, 3.8) is 0 Å². The molecule has 1 aromatic rings. The van der Waals surface area contributed by atoms with Gasteiger partial charge in [0.1, 0.15) is 11.3 Å². The Morgan fingerprint density at radius 2 is 1.84 bits per heavy atom. The topological polar surface area (TPSA) is 75.7 Å². The van der Waals surface area contributed by atoms with E-state index in [2.05, 4.69) is 5.32 Å². The lowest BCUT2D eigenvalue weighted by Gasteiger charge is -2.34. The summed E-state index contributed by atoms with van der Waals surface area (Å²) in [5, 5.41) is 2.84. The molecule has 1 atom stereocenters. The number of hydrogen-bond acceptors (Lipinski definition) is 4. The number of amides is 3. The summed E-state index contributed by atoms with van der Waals surface area (Å²) in [5.41, 5.74) is -0.440. The summed E-state index contributed by atoms with van der Waals surface area (Å²) in [6, 6.07) is 6.18. The fraction of sp³-hybridized carbons (Fsp3) is 0.526. The number of carbonyl (C=O) groups is 3. The average Bonchev–Trinajstić information content (AvgIpc) is 2.86. The molecule has 6 nitrogen and oxygen atoms in total. The number of benzene rings is 1. The highest BCUT2D eigenvalue weighted by molar-refractivity contribution is 6.11. The Balaban J connectivity index is 1.72. The minimum atomic E-state index is -0.891. The maximum absolute atomic E-state index is 12.9. The van der Waals surface area contributed by atoms with Crippen molar-refractivity contribution in [1.29, 1.82) is 0 Å². The van der Waals surface area contributed by atoms with E-state index in [1.54, 1.807) is 38.3 Å². The van der Waals surface area contributed by atoms with E-state index in [0.29, 0.717) is 11.3 Å². The van der Waals surface area contributed by atoms with Gasteiger partial charge in [0, 0.05) is 5.56 Å². The number of Topliss-reactive ketones (excluding diaryl/α,β-unsaturated/α-hetero) is 1. The summed E-state index contributed by atoms with van der Waals surface area (Å²) in [7, 11) is 1.55. The molecule has 1 heterocycles. The number of methoxy groups -OCH3 is 1. The maximum Gasteiger partial charge on any atom is 0.325 e. The molecular weight excluding hydrogens is 320 g/mol. The first-order valence-corrected chi connectivity index (χ1v) is 8.77. The van der Waals surface area contributed by atoms with Crippen molar-refractivity contribution in [2.75, 3.05) is 13.7 Å². The Morgan fingerprint density at radius 3 is 2.44 bits per heavy atom. The molecule has 134 valence electrons. The monoisotopic (exact) mass is 344 g/mol. The van der Waals surface area contributed by atoms with Crippen LogP contribution in [0.2, 0.25) is 0 Å². The van der Waals surface area contributed by atoms with Gasteiger partial charge in [-0.2, -0.15) is 0 Å². The number of rotatable bonds is 5. The van der Waals surface area contributed by atoms with Gasteiger partial charge in [0.25, 0.3) is 5.91 Å². The molecule has 2 fully saturated rings. The standard InChI is InChI=1S/C19H24N2O4/c1-19(14-6-4-3-5-7-14)17(23)21(18(24)20-19)12-16(22)13-8-10-15(25-2)11-9-13/h8-11,14H,3-7,12H2,1-2H3,(H,20,24)/t19-/m0/s1. The van der Waals surface area contributed by atoms with Gasteiger partial charge in [0.05, 0.1) is 13.7 Å². The second kappa shape index (κ2) is 6.86. The van der Waals surface area contributed by atoms with Crippen LogP contribution in [0.1, 0.15) is 49.4 Å². The SMILES string of the molecule is COc1ccc(C(=O)CN2C(=O)N[C@@](C)(C3CCCCC3)C2=O)cc1. The predicted molar refractivity (Wildman–Crippen MR) is 92.5 cm³/mol. The van der Waals surface area contributed by atoms with Crippen molar-refractivity contribution < 1.29 is 19.1 Å². The summed E-state index contributed by atoms with van der Waals surface area (Å²) in [4.78, 5) is 38.7. The average molecular weight is 344 g/mol. The summed E-state index contributed by atoms with van der Waals surface area (Å²) in [6.45, 7) is 1.56. The molecule has 1 aromatic carbocycles. The third-order valence-electron chi connectivity index (χ3n) is 5.44. The number of ether oxygens (including phenoxy) is 1. The highest BCUT2D eigenvalue weighted by Crippen LogP contribution is 2.36. The fourth-order valence-electron chi connectivity index (χ4n) is 3.83. The highest BCUT2D eigenvalue weighted by Gasteiger charge is 2.52. The Kier molecular flexibility index (Phi) is 4.79. The predicted octanol–water partition coefficient (Wildman–Crippen LogP) is 2.77. The lowest BCUT2D eigenvalue weighted by atomic mass is 9.75. The van der Waals surface area contributed by atoms with E-state index in [1.165, 1.54) is 6.42 Å². The summed E-state index contributed by atoms with van der Waals surface area (Å²) < 4.78 is 5.07. The number of nitrogens with zero attached hydrogens (tertiary/aromatic N) is 1. The molecule has 0 bridgehead atoms. The first kappa shape index (κ1) is 17.5. The van der Waals surface area contributed by atoms with Crippen molar-refractivity contribution >= 4 is 17.7 Å². The molecule has 1 N–H and O–H groups in total. The zero-order chi connectivity index (χ0) is 18.0. The Morgan fingerprint density at radius 1 is 1.20 bits per heavy atom. The second-order valence-electron chi connectivity index (χ2n) is 7.01. The number of urea groups is 1. The van der Waals surface area contributed by atoms with Crippen LogP contribution in [0.4, 0.5) is 4.79 Å². The zero-order valence-electron chi connectivity index (χ0n) is 14.7. The van der Waals surface area contributed by atoms with Crippen molar-refractivity contribution in [3.05, 3.63) is 29.8 Å². The van der Waals surface area contributed by atoms with Crippen LogP contribution in [0.5, 0.6) is 5.75 Å². The van der Waals surface area contributed by atoms with Gasteiger partial charge in [0.2, 0.25) is 0 Å². The van der Waals surface area contributed by atoms with Gasteiger partial charge >= 0.3 is 6.03 Å². The highest BCUT2D eigenvalue weighted by atomic mass is 16.5. The van der Waals surface area contributed by atoms with Crippen LogP contribution in [0.25, 0.3) is 0 Å². The fourth-order valence-corrected chi connectivity index (χ4v) is 3.83. The Labute approximate surface area is 147 Å². The van der Waals surface area contributed by atoms with Gasteiger partial charge < -0.3 is 10.1 Å². The quantitative estimate of drug-likeness (QED) is 0.658. The molecule has 0 spiro atoms. The normalized spacial score (nSPS) is 24.3. The van der Waals surface area contributed by atoms with Crippen molar-refractivity contribution in [2.45, 2.75) is 44.6 Å². The van der Waals surface area contributed by atoms with Crippen LogP contribution in [-0.2, 0) is 4.79 Å². The van der Waals surface area contributed by atoms with Crippen LogP contribution in [0.3, 0.4) is 0 Å². The molecule has 25 heavy (non-hydrogen) atoms. The van der Waals surface area contributed by atoms with Gasteiger partial charge in [-0.1, -0.05) is 19.3 Å². The van der Waals surface area contributed by atoms with E-state index in [-0.39, 0.29) is 24.2 Å². The Hall–Kier alpha value is -2.37. The van der Waals surface area contributed by atoms with E-state index in [9.17, 15) is 14.4 Å². The molecule has 1 aliphatic heterocycles. The molecule has 0 unspecified atom stereocenters. The van der Waals surface area contributed by atoms with Gasteiger partial charge in [-0.3, -0.25) is 14.5 Å². The zero-order valence-corrected chi connectivity index (χ0v) is 14.7. The second-order valence-corrected chi connectivity index (χ2v) is 7.01. The maximum atomic E-state index is 12.9. The molecule has 2 aliphatic rings. The summed E-state index contributed by atoms with van der Waals surface area (Å²) >= 11 is 0. The first-order chi connectivity index (χ1) is 12.0. The number of hydrogen-bond donors (Lipinski definition) is 1. The molecule has 1 saturated heterocycles. The lowest BCUT2D eigenvalue weighted by Crippen LogP contribution is -2.51. The van der Waals surface area contributed by atoms with Gasteiger partial charge in [-0.15, -0.1) is 0 Å². The lowest BCUT2D eigenvalue weighted by molar-refractivity contribution is -0.132. The van der Waals surface area contributed by atoms with Gasteiger partial charge in [0.15, 0.2) is 5.78 Å². The molecule has 0 aromatic heterocycles. The smallest absolute Gasteiger partial charge is 0.325 e. The summed E-state index contributed by atoms with van der Waals surface area (Å²) in [6.07, 6.45) is 5.20. The molecule has 1 saturated carbocycles. The van der Waals surface area contributed by atoms with Crippen LogP contribution < -0.4 is 10.1 Å². The minimum absolute atomic E-state index is 0.138. The summed E-state index contributed by atoms with van der Waals surface area (Å²) in [5.74, 6) is 0.237. The van der Waals surface area contributed by atoms with E-state index in [4.69, 9.17) is 4.74 Å². The first-order valence-electron chi connectivity index (χ1n) is 8.77. The van der Waals surface area contributed by atoms with Crippen molar-refractivity contribution in [2.24, 2.45) is 5.92 Å². The largest absolute Gasteiger partial charge is 0.497 e. The third kappa shape index (κ3) is 3.25. The van der Waals surface area contributed by atoms with E-state index in [1.807, 2.05) is 0 Å². The molecule has 3 rings (SSSR count). The number of ketones is 1. The molecule has 3 amide bonds. The van der Waals surface area contributed by atoms with Crippen molar-refractivity contribution in [1.82, 2.24) is 10.2 Å². The minimum Gasteiger partial charge on any atom is -0.497 e. The van der Waals surface area contributed by atoms with Crippen molar-refractivity contribution in [3.8, 4) is 5.75 Å². The van der Waals surface area contributed by atoms with Crippen LogP contribution in [0.15, 0.2) is 24.3 Å². The van der Waals surface area contributed by atoms with Gasteiger partial charge in [-0.05, 0) is 49.9 Å². The Bertz CT molecular complexity index is 679. The number of carbonyl (C=O) groups excluding carboxylic acids is 3. The third-order valence-corrected chi connectivity index (χ3v) is 5.44. The van der Waals surface area contributed by atoms with E-state index in [0.717, 1.165) is 30.6 Å². The van der Waals surface area contributed by atoms with Crippen LogP contribution in [0, 0.1) is 5.92 Å². The molecule has 6 heteroatoms. The van der Waals surface area contributed by atoms with E-state index < -0.39 is 11.6 Å². The molecule has 0 radical (unpaired) electrons. The number of nitrogens with one attached hydrogen (secondary N) is 1. The van der Waals surface area contributed by atoms with Crippen LogP contribution >= 0.6 is 0 Å². The molecular formula is C19H24N2O4. The van der Waals surface area contributed by atoms with Gasteiger partial charge in [-0.25, -0.2) is 4.79 Å². The number of imide groups is 1. The van der Waals surface area contributed by atoms with E-state index >= 15 is 0 Å². The molecule has 1 aliphatic carbocycles.